The number of anilines is 1. The van der Waals surface area contributed by atoms with Crippen LogP contribution in [-0.4, -0.2) is 70.3 Å². The highest BCUT2D eigenvalue weighted by Gasteiger charge is 2.45. The summed E-state index contributed by atoms with van der Waals surface area (Å²) in [5, 5.41) is 6.42. The molecule has 7 rings (SSSR count). The molecule has 3 fully saturated rings. The maximum atomic E-state index is 16.6. The molecule has 40 heavy (non-hydrogen) atoms. The molecule has 3 aliphatic heterocycles. The van der Waals surface area contributed by atoms with Gasteiger partial charge in [0.2, 0.25) is 0 Å². The Hall–Kier alpha value is -3.07. The molecule has 208 valence electrons. The highest BCUT2D eigenvalue weighted by Crippen LogP contribution is 2.40. The van der Waals surface area contributed by atoms with Gasteiger partial charge in [0.15, 0.2) is 5.82 Å². The van der Waals surface area contributed by atoms with Crippen LogP contribution < -0.4 is 15.0 Å². The SMILES string of the molecule is C[C@H]1CN(c2nc(OCC34CCCN3CCC4)nc3c(F)c(-c4cccc5cccc(Cl)c45)ncc23)C[C@H](C)N1. The third-order valence-electron chi connectivity index (χ3n) is 8.89. The number of fused-ring (bicyclic) bond motifs is 3. The van der Waals surface area contributed by atoms with E-state index < -0.39 is 5.82 Å². The number of nitrogens with one attached hydrogen (secondary N) is 1. The Morgan fingerprint density at radius 1 is 1.05 bits per heavy atom. The first-order chi connectivity index (χ1) is 19.4. The van der Waals surface area contributed by atoms with Crippen LogP contribution >= 0.6 is 11.6 Å². The molecule has 7 nitrogen and oxygen atoms in total. The molecule has 2 aromatic carbocycles. The van der Waals surface area contributed by atoms with Crippen molar-refractivity contribution in [3.63, 3.8) is 0 Å². The summed E-state index contributed by atoms with van der Waals surface area (Å²) in [6.45, 7) is 8.54. The lowest BCUT2D eigenvalue weighted by molar-refractivity contribution is 0.108. The molecular weight excluding hydrogens is 527 g/mol. The van der Waals surface area contributed by atoms with Crippen LogP contribution in [0.1, 0.15) is 39.5 Å². The predicted octanol–water partition coefficient (Wildman–Crippen LogP) is 5.83. The molecule has 3 aliphatic rings. The van der Waals surface area contributed by atoms with Gasteiger partial charge in [0.1, 0.15) is 23.6 Å². The average molecular weight is 561 g/mol. The van der Waals surface area contributed by atoms with Crippen molar-refractivity contribution in [2.45, 2.75) is 57.2 Å². The molecule has 3 saturated heterocycles. The summed E-state index contributed by atoms with van der Waals surface area (Å²) in [4.78, 5) is 19.0. The summed E-state index contributed by atoms with van der Waals surface area (Å²) in [7, 11) is 0. The van der Waals surface area contributed by atoms with Gasteiger partial charge in [0, 0.05) is 47.3 Å². The number of hydrogen-bond donors (Lipinski definition) is 1. The zero-order valence-corrected chi connectivity index (χ0v) is 23.7. The van der Waals surface area contributed by atoms with Crippen LogP contribution in [0.4, 0.5) is 10.2 Å². The van der Waals surface area contributed by atoms with Gasteiger partial charge >= 0.3 is 6.01 Å². The number of benzene rings is 2. The molecule has 5 heterocycles. The van der Waals surface area contributed by atoms with E-state index in [0.29, 0.717) is 28.4 Å². The van der Waals surface area contributed by atoms with E-state index >= 15 is 4.39 Å². The Bertz CT molecular complexity index is 1570. The third-order valence-corrected chi connectivity index (χ3v) is 9.21. The highest BCUT2D eigenvalue weighted by molar-refractivity contribution is 6.36. The average Bonchev–Trinajstić information content (AvgIpc) is 3.52. The first-order valence-corrected chi connectivity index (χ1v) is 14.7. The molecule has 1 N–H and O–H groups in total. The molecule has 0 radical (unpaired) electrons. The number of aromatic nitrogens is 3. The normalized spacial score (nSPS) is 22.8. The minimum Gasteiger partial charge on any atom is -0.461 e. The summed E-state index contributed by atoms with van der Waals surface area (Å²) in [6, 6.07) is 12.2. The summed E-state index contributed by atoms with van der Waals surface area (Å²) in [6.07, 6.45) is 6.30. The van der Waals surface area contributed by atoms with E-state index in [1.54, 1.807) is 6.20 Å². The molecule has 0 saturated carbocycles. The molecular formula is C31H34ClFN6O. The van der Waals surface area contributed by atoms with Crippen molar-refractivity contribution in [3.05, 3.63) is 53.4 Å². The summed E-state index contributed by atoms with van der Waals surface area (Å²) in [5.74, 6) is 0.178. The molecule has 4 aromatic rings. The molecule has 9 heteroatoms. The van der Waals surface area contributed by atoms with E-state index in [1.165, 1.54) is 12.8 Å². The van der Waals surface area contributed by atoms with E-state index in [0.717, 1.165) is 49.8 Å². The second-order valence-electron chi connectivity index (χ2n) is 11.7. The Labute approximate surface area is 238 Å². The minimum absolute atomic E-state index is 0.0399. The van der Waals surface area contributed by atoms with Gasteiger partial charge in [0.05, 0.1) is 10.9 Å². The number of nitrogens with zero attached hydrogens (tertiary/aromatic N) is 5. The van der Waals surface area contributed by atoms with Crippen LogP contribution in [0.15, 0.2) is 42.6 Å². The smallest absolute Gasteiger partial charge is 0.319 e. The maximum absolute atomic E-state index is 16.6. The van der Waals surface area contributed by atoms with Gasteiger partial charge in [-0.2, -0.15) is 9.97 Å². The van der Waals surface area contributed by atoms with Crippen LogP contribution in [0.2, 0.25) is 5.02 Å². The first-order valence-electron chi connectivity index (χ1n) is 14.3. The van der Waals surface area contributed by atoms with Crippen molar-refractivity contribution in [3.8, 4) is 17.3 Å². The van der Waals surface area contributed by atoms with Crippen LogP contribution in [0, 0.1) is 5.82 Å². The lowest BCUT2D eigenvalue weighted by atomic mass is 9.95. The second-order valence-corrected chi connectivity index (χ2v) is 12.1. The molecule has 0 aliphatic carbocycles. The van der Waals surface area contributed by atoms with Gasteiger partial charge in [-0.15, -0.1) is 0 Å². The predicted molar refractivity (Wildman–Crippen MR) is 158 cm³/mol. The van der Waals surface area contributed by atoms with Gasteiger partial charge in [-0.05, 0) is 64.1 Å². The number of piperazine rings is 1. The van der Waals surface area contributed by atoms with Crippen molar-refractivity contribution in [1.29, 1.82) is 0 Å². The number of ether oxygens (including phenoxy) is 1. The molecule has 0 amide bonds. The van der Waals surface area contributed by atoms with Gasteiger partial charge in [-0.25, -0.2) is 4.39 Å². The Morgan fingerprint density at radius 2 is 1.77 bits per heavy atom. The molecule has 0 unspecified atom stereocenters. The monoisotopic (exact) mass is 560 g/mol. The molecule has 0 spiro atoms. The standard InChI is InChI=1S/C31H34ClFN6O/c1-19-16-38(17-20(2)35-19)29-23-15-34-27(22-9-3-7-21-8-4-10-24(32)25(21)22)26(33)28(23)36-30(37-29)40-18-31-11-5-13-39(31)14-6-12-31/h3-4,7-10,15,19-20,35H,5-6,11-14,16-18H2,1-2H3/t19-,20-/m0/s1. The van der Waals surface area contributed by atoms with Gasteiger partial charge < -0.3 is 15.0 Å². The van der Waals surface area contributed by atoms with Crippen molar-refractivity contribution < 1.29 is 9.13 Å². The lowest BCUT2D eigenvalue weighted by Crippen LogP contribution is -2.54. The summed E-state index contributed by atoms with van der Waals surface area (Å²) < 4.78 is 22.9. The maximum Gasteiger partial charge on any atom is 0.319 e. The fraction of sp³-hybridized carbons (Fsp3) is 0.452. The molecule has 2 atom stereocenters. The number of halogens is 2. The van der Waals surface area contributed by atoms with E-state index in [1.807, 2.05) is 36.4 Å². The second kappa shape index (κ2) is 10.1. The van der Waals surface area contributed by atoms with E-state index in [9.17, 15) is 0 Å². The quantitative estimate of drug-likeness (QED) is 0.329. The summed E-state index contributed by atoms with van der Waals surface area (Å²) in [5.41, 5.74) is 1.12. The first kappa shape index (κ1) is 25.9. The zero-order chi connectivity index (χ0) is 27.4. The Morgan fingerprint density at radius 3 is 2.52 bits per heavy atom. The van der Waals surface area contributed by atoms with Gasteiger partial charge in [-0.1, -0.05) is 41.9 Å². The van der Waals surface area contributed by atoms with Crippen molar-refractivity contribution >= 4 is 39.1 Å². The fourth-order valence-electron chi connectivity index (χ4n) is 7.17. The lowest BCUT2D eigenvalue weighted by Gasteiger charge is -2.37. The van der Waals surface area contributed by atoms with Crippen molar-refractivity contribution in [1.82, 2.24) is 25.2 Å². The largest absolute Gasteiger partial charge is 0.461 e. The number of pyridine rings is 1. The third kappa shape index (κ3) is 4.37. The molecule has 0 bridgehead atoms. The van der Waals surface area contributed by atoms with E-state index in [4.69, 9.17) is 21.3 Å². The Balaban J connectivity index is 1.36. The van der Waals surface area contributed by atoms with Crippen molar-refractivity contribution in [2.75, 3.05) is 37.7 Å². The zero-order valence-electron chi connectivity index (χ0n) is 23.0. The Kier molecular flexibility index (Phi) is 6.52. The van der Waals surface area contributed by atoms with Crippen molar-refractivity contribution in [2.24, 2.45) is 0 Å². The number of rotatable bonds is 5. The van der Waals surface area contributed by atoms with Gasteiger partial charge in [0.25, 0.3) is 0 Å². The van der Waals surface area contributed by atoms with Gasteiger partial charge in [-0.3, -0.25) is 9.88 Å². The highest BCUT2D eigenvalue weighted by atomic mass is 35.5. The summed E-state index contributed by atoms with van der Waals surface area (Å²) >= 11 is 6.60. The van der Waals surface area contributed by atoms with E-state index in [-0.39, 0.29) is 34.8 Å². The van der Waals surface area contributed by atoms with Crippen LogP contribution in [0.25, 0.3) is 32.9 Å². The van der Waals surface area contributed by atoms with Crippen LogP contribution in [0.3, 0.4) is 0 Å². The number of hydrogen-bond acceptors (Lipinski definition) is 7. The van der Waals surface area contributed by atoms with E-state index in [2.05, 4.69) is 38.9 Å². The fourth-order valence-corrected chi connectivity index (χ4v) is 7.45. The van der Waals surface area contributed by atoms with Crippen LogP contribution in [0.5, 0.6) is 6.01 Å². The van der Waals surface area contributed by atoms with Crippen LogP contribution in [-0.2, 0) is 0 Å². The minimum atomic E-state index is -0.490. The topological polar surface area (TPSA) is 66.4 Å². The molecule has 2 aromatic heterocycles.